The van der Waals surface area contributed by atoms with Crippen LogP contribution in [0.15, 0.2) is 60.8 Å². The van der Waals surface area contributed by atoms with Gasteiger partial charge in [-0.3, -0.25) is 19.2 Å². The van der Waals surface area contributed by atoms with Gasteiger partial charge in [-0.25, -0.2) is 4.39 Å². The predicted molar refractivity (Wildman–Crippen MR) is 137 cm³/mol. The third-order valence-corrected chi connectivity index (χ3v) is 7.60. The van der Waals surface area contributed by atoms with E-state index in [9.17, 15) is 14.9 Å². The SMILES string of the molecule is N#CC[C@@]1(n2cc(C(N)=O)c(CC(=O)C3CC3)n2)CCN(Cc2ccc(-c3ccccc3)cc2)C[C@H]1F. The van der Waals surface area contributed by atoms with Gasteiger partial charge in [-0.2, -0.15) is 10.4 Å². The first kappa shape index (κ1) is 24.8. The first-order valence-corrected chi connectivity index (χ1v) is 12.7. The van der Waals surface area contributed by atoms with Crippen LogP contribution in [0.4, 0.5) is 4.39 Å². The highest BCUT2D eigenvalue weighted by Crippen LogP contribution is 2.37. The van der Waals surface area contributed by atoms with Gasteiger partial charge >= 0.3 is 0 Å². The van der Waals surface area contributed by atoms with Crippen molar-refractivity contribution in [1.82, 2.24) is 14.7 Å². The van der Waals surface area contributed by atoms with Crippen LogP contribution in [0.5, 0.6) is 0 Å². The lowest BCUT2D eigenvalue weighted by atomic mass is 9.83. The first-order valence-electron chi connectivity index (χ1n) is 12.7. The molecule has 2 aliphatic rings. The van der Waals surface area contributed by atoms with Crippen LogP contribution in [0.25, 0.3) is 11.1 Å². The number of aromatic nitrogens is 2. The van der Waals surface area contributed by atoms with Crippen molar-refractivity contribution in [2.24, 2.45) is 11.7 Å². The van der Waals surface area contributed by atoms with E-state index in [0.717, 1.165) is 29.5 Å². The van der Waals surface area contributed by atoms with Crippen molar-refractivity contribution in [3.63, 3.8) is 0 Å². The lowest BCUT2D eigenvalue weighted by Crippen LogP contribution is -2.54. The molecule has 1 amide bonds. The van der Waals surface area contributed by atoms with E-state index in [2.05, 4.69) is 47.6 Å². The number of hydrogen-bond donors (Lipinski definition) is 1. The predicted octanol–water partition coefficient (Wildman–Crippen LogP) is 4.02. The minimum atomic E-state index is -1.39. The molecule has 0 bridgehead atoms. The number of rotatable bonds is 9. The quantitative estimate of drug-likeness (QED) is 0.479. The number of primary amides is 1. The van der Waals surface area contributed by atoms with Crippen molar-refractivity contribution in [1.29, 1.82) is 5.26 Å². The fourth-order valence-corrected chi connectivity index (χ4v) is 5.20. The molecular weight excluding hydrogens is 469 g/mol. The van der Waals surface area contributed by atoms with Crippen LogP contribution in [0.1, 0.15) is 47.3 Å². The number of halogens is 1. The van der Waals surface area contributed by atoms with Crippen LogP contribution in [-0.2, 0) is 23.3 Å². The minimum Gasteiger partial charge on any atom is -0.365 e. The summed E-state index contributed by atoms with van der Waals surface area (Å²) in [6.07, 6.45) is 1.99. The average molecular weight is 500 g/mol. The Morgan fingerprint density at radius 3 is 2.43 bits per heavy atom. The zero-order valence-corrected chi connectivity index (χ0v) is 20.6. The monoisotopic (exact) mass is 499 g/mol. The first-order chi connectivity index (χ1) is 17.9. The molecule has 2 atom stereocenters. The van der Waals surface area contributed by atoms with Crippen molar-refractivity contribution < 1.29 is 14.0 Å². The van der Waals surface area contributed by atoms with Crippen LogP contribution >= 0.6 is 0 Å². The number of nitriles is 1. The summed E-state index contributed by atoms with van der Waals surface area (Å²) in [7, 11) is 0. The third-order valence-electron chi connectivity index (χ3n) is 7.60. The fourth-order valence-electron chi connectivity index (χ4n) is 5.20. The number of ketones is 1. The summed E-state index contributed by atoms with van der Waals surface area (Å²) in [6.45, 7) is 1.28. The number of benzene rings is 2. The molecule has 1 aliphatic heterocycles. The van der Waals surface area contributed by atoms with Gasteiger partial charge in [0.15, 0.2) is 0 Å². The van der Waals surface area contributed by atoms with E-state index >= 15 is 4.39 Å². The Bertz CT molecular complexity index is 1330. The topological polar surface area (TPSA) is 105 Å². The molecule has 3 aromatic rings. The van der Waals surface area contributed by atoms with Crippen LogP contribution in [0.2, 0.25) is 0 Å². The second kappa shape index (κ2) is 10.3. The molecule has 1 saturated carbocycles. The number of piperidine rings is 1. The molecule has 7 nitrogen and oxygen atoms in total. The van der Waals surface area contributed by atoms with Crippen molar-refractivity contribution >= 4 is 11.7 Å². The van der Waals surface area contributed by atoms with E-state index in [1.54, 1.807) is 0 Å². The highest BCUT2D eigenvalue weighted by Gasteiger charge is 2.46. The molecule has 2 aromatic carbocycles. The van der Waals surface area contributed by atoms with Crippen LogP contribution in [0.3, 0.4) is 0 Å². The van der Waals surface area contributed by atoms with E-state index in [-0.39, 0.29) is 42.3 Å². The number of carbonyl (C=O) groups excluding carboxylic acids is 2. The highest BCUT2D eigenvalue weighted by atomic mass is 19.1. The molecule has 0 spiro atoms. The summed E-state index contributed by atoms with van der Waals surface area (Å²) < 4.78 is 17.3. The maximum atomic E-state index is 15.9. The Morgan fingerprint density at radius 2 is 1.81 bits per heavy atom. The summed E-state index contributed by atoms with van der Waals surface area (Å²) in [6, 6.07) is 20.5. The van der Waals surface area contributed by atoms with Gasteiger partial charge in [0.05, 0.1) is 30.2 Å². The van der Waals surface area contributed by atoms with Gasteiger partial charge in [0.25, 0.3) is 5.91 Å². The van der Waals surface area contributed by atoms with Crippen molar-refractivity contribution in [3.8, 4) is 17.2 Å². The lowest BCUT2D eigenvalue weighted by molar-refractivity contribution is -0.119. The largest absolute Gasteiger partial charge is 0.365 e. The molecule has 1 saturated heterocycles. The average Bonchev–Trinajstić information content (AvgIpc) is 3.67. The molecule has 5 rings (SSSR count). The molecule has 190 valence electrons. The maximum absolute atomic E-state index is 15.9. The number of nitrogens with zero attached hydrogens (tertiary/aromatic N) is 4. The maximum Gasteiger partial charge on any atom is 0.252 e. The lowest BCUT2D eigenvalue weighted by Gasteiger charge is -2.43. The van der Waals surface area contributed by atoms with Crippen LogP contribution in [-0.4, -0.2) is 45.6 Å². The van der Waals surface area contributed by atoms with Gasteiger partial charge in [0.1, 0.15) is 17.5 Å². The van der Waals surface area contributed by atoms with E-state index in [0.29, 0.717) is 19.5 Å². The molecule has 2 N–H and O–H groups in total. The van der Waals surface area contributed by atoms with E-state index in [4.69, 9.17) is 5.73 Å². The van der Waals surface area contributed by atoms with Gasteiger partial charge in [0, 0.05) is 31.7 Å². The Balaban J connectivity index is 1.32. The van der Waals surface area contributed by atoms with E-state index in [1.807, 2.05) is 23.1 Å². The normalized spacial score (nSPS) is 21.9. The van der Waals surface area contributed by atoms with Gasteiger partial charge < -0.3 is 5.73 Å². The smallest absolute Gasteiger partial charge is 0.252 e. The fraction of sp³-hybridized carbons (Fsp3) is 0.379. The van der Waals surface area contributed by atoms with Gasteiger partial charge in [-0.05, 0) is 36.0 Å². The van der Waals surface area contributed by atoms with Crippen molar-refractivity contribution in [3.05, 3.63) is 77.6 Å². The molecule has 1 aromatic heterocycles. The Morgan fingerprint density at radius 1 is 1.11 bits per heavy atom. The Kier molecular flexibility index (Phi) is 6.90. The Hall–Kier alpha value is -3.83. The van der Waals surface area contributed by atoms with Crippen molar-refractivity contribution in [2.45, 2.75) is 50.4 Å². The van der Waals surface area contributed by atoms with Crippen LogP contribution in [0, 0.1) is 17.2 Å². The molecule has 37 heavy (non-hydrogen) atoms. The summed E-state index contributed by atoms with van der Waals surface area (Å²) in [5.41, 5.74) is 8.09. The molecule has 2 heterocycles. The number of alkyl halides is 1. The number of carbonyl (C=O) groups is 2. The summed E-state index contributed by atoms with van der Waals surface area (Å²) in [5.74, 6) is -0.673. The molecule has 1 aliphatic carbocycles. The van der Waals surface area contributed by atoms with E-state index in [1.165, 1.54) is 10.9 Å². The highest BCUT2D eigenvalue weighted by molar-refractivity contribution is 5.95. The zero-order valence-electron chi connectivity index (χ0n) is 20.6. The van der Waals surface area contributed by atoms with Crippen LogP contribution < -0.4 is 5.73 Å². The number of nitrogens with two attached hydrogens (primary N) is 1. The Labute approximate surface area is 215 Å². The molecule has 8 heteroatoms. The molecule has 0 unspecified atom stereocenters. The van der Waals surface area contributed by atoms with Crippen molar-refractivity contribution in [2.75, 3.05) is 13.1 Å². The summed E-state index contributed by atoms with van der Waals surface area (Å²) >= 11 is 0. The van der Waals surface area contributed by atoms with Gasteiger partial charge in [0.2, 0.25) is 0 Å². The van der Waals surface area contributed by atoms with Gasteiger partial charge in [-0.15, -0.1) is 0 Å². The van der Waals surface area contributed by atoms with Gasteiger partial charge in [-0.1, -0.05) is 54.6 Å². The molecule has 2 fully saturated rings. The number of hydrogen-bond acceptors (Lipinski definition) is 5. The second-order valence-electron chi connectivity index (χ2n) is 10.2. The summed E-state index contributed by atoms with van der Waals surface area (Å²) in [4.78, 5) is 26.5. The second-order valence-corrected chi connectivity index (χ2v) is 10.2. The zero-order chi connectivity index (χ0) is 26.0. The molecule has 0 radical (unpaired) electrons. The minimum absolute atomic E-state index is 0.000623. The third kappa shape index (κ3) is 5.18. The number of amides is 1. The number of Topliss-reactive ketones (excluding diaryl/α,β-unsaturated/α-hetero) is 1. The standard InChI is InChI=1S/C29H30FN5O2/c30-27-19-34(17-20-6-8-22(9-7-20)21-4-2-1-3-5-21)15-13-29(27,12-14-31)35-18-24(28(32)37)25(33-35)16-26(36)23-10-11-23/h1-9,18,23,27H,10-13,15-17,19H2,(H2,32,37)/t27-,29-/m1/s1. The van der Waals surface area contributed by atoms with E-state index < -0.39 is 17.6 Å². The molecular formula is C29H30FN5O2. The number of likely N-dealkylation sites (tertiary alicyclic amines) is 1. The summed E-state index contributed by atoms with van der Waals surface area (Å²) in [5, 5.41) is 14.1.